The minimum Gasteiger partial charge on any atom is -0.342 e. The number of fused-ring (bicyclic) bond motifs is 1. The standard InChI is InChI=1S/C27H27ClN4O2/c1-18(2)32(20-11-5-4-6-12-20)25(33)17-31-24-16-10-9-15-23(24)30-26(31)19(3)29-27(34)21-13-7-8-14-22(21)28/h4-16,18-19H,17H2,1-3H3,(H,29,34). The molecule has 4 aromatic rings. The molecule has 0 fully saturated rings. The molecule has 2 amide bonds. The number of anilines is 1. The molecule has 34 heavy (non-hydrogen) atoms. The number of aromatic nitrogens is 2. The van der Waals surface area contributed by atoms with Gasteiger partial charge in [0.25, 0.3) is 5.91 Å². The van der Waals surface area contributed by atoms with Gasteiger partial charge in [0.05, 0.1) is 27.7 Å². The van der Waals surface area contributed by atoms with Crippen LogP contribution in [-0.2, 0) is 11.3 Å². The molecule has 1 heterocycles. The third-order valence-corrected chi connectivity index (χ3v) is 5.98. The minimum absolute atomic E-state index is 0.0227. The van der Waals surface area contributed by atoms with E-state index in [0.29, 0.717) is 16.4 Å². The molecule has 0 radical (unpaired) electrons. The number of nitrogens with one attached hydrogen (secondary N) is 1. The Bertz CT molecular complexity index is 1320. The summed E-state index contributed by atoms with van der Waals surface area (Å²) in [6.45, 7) is 5.93. The molecule has 1 atom stereocenters. The van der Waals surface area contributed by atoms with Crippen molar-refractivity contribution >= 4 is 40.1 Å². The average Bonchev–Trinajstić information content (AvgIpc) is 3.18. The summed E-state index contributed by atoms with van der Waals surface area (Å²) in [7, 11) is 0. The quantitative estimate of drug-likeness (QED) is 0.378. The number of rotatable bonds is 7. The van der Waals surface area contributed by atoms with Crippen molar-refractivity contribution in [2.75, 3.05) is 4.90 Å². The van der Waals surface area contributed by atoms with Crippen LogP contribution in [0.25, 0.3) is 11.0 Å². The van der Waals surface area contributed by atoms with Crippen LogP contribution in [0.2, 0.25) is 5.02 Å². The van der Waals surface area contributed by atoms with E-state index in [-0.39, 0.29) is 24.4 Å². The van der Waals surface area contributed by atoms with E-state index in [1.165, 1.54) is 0 Å². The lowest BCUT2D eigenvalue weighted by Gasteiger charge is -2.28. The van der Waals surface area contributed by atoms with Crippen molar-refractivity contribution in [1.82, 2.24) is 14.9 Å². The minimum atomic E-state index is -0.451. The number of imidazole rings is 1. The fourth-order valence-corrected chi connectivity index (χ4v) is 4.33. The number of carbonyl (C=O) groups is 2. The molecule has 1 N–H and O–H groups in total. The summed E-state index contributed by atoms with van der Waals surface area (Å²) in [6.07, 6.45) is 0. The molecular formula is C27H27ClN4O2. The summed E-state index contributed by atoms with van der Waals surface area (Å²) < 4.78 is 1.88. The van der Waals surface area contributed by atoms with Gasteiger partial charge in [0.1, 0.15) is 12.4 Å². The van der Waals surface area contributed by atoms with Crippen molar-refractivity contribution in [3.05, 3.63) is 95.3 Å². The zero-order valence-electron chi connectivity index (χ0n) is 19.4. The zero-order valence-corrected chi connectivity index (χ0v) is 20.2. The third-order valence-electron chi connectivity index (χ3n) is 5.65. The van der Waals surface area contributed by atoms with Crippen LogP contribution in [0.1, 0.15) is 43.0 Å². The van der Waals surface area contributed by atoms with Crippen molar-refractivity contribution in [2.45, 2.75) is 39.4 Å². The molecule has 0 saturated carbocycles. The van der Waals surface area contributed by atoms with Crippen molar-refractivity contribution in [2.24, 2.45) is 0 Å². The van der Waals surface area contributed by atoms with E-state index in [1.54, 1.807) is 29.2 Å². The molecule has 0 aliphatic rings. The Labute approximate surface area is 204 Å². The van der Waals surface area contributed by atoms with Gasteiger partial charge in [0, 0.05) is 11.7 Å². The number of carbonyl (C=O) groups excluding carboxylic acids is 2. The van der Waals surface area contributed by atoms with Crippen molar-refractivity contribution in [1.29, 1.82) is 0 Å². The van der Waals surface area contributed by atoms with Crippen LogP contribution < -0.4 is 10.2 Å². The van der Waals surface area contributed by atoms with Crippen molar-refractivity contribution < 1.29 is 9.59 Å². The Hall–Kier alpha value is -3.64. The Balaban J connectivity index is 1.67. The van der Waals surface area contributed by atoms with Gasteiger partial charge in [-0.3, -0.25) is 9.59 Å². The summed E-state index contributed by atoms with van der Waals surface area (Å²) in [4.78, 5) is 32.9. The molecule has 1 unspecified atom stereocenters. The fraction of sp³-hybridized carbons (Fsp3) is 0.222. The predicted octanol–water partition coefficient (Wildman–Crippen LogP) is 5.62. The predicted molar refractivity (Wildman–Crippen MR) is 136 cm³/mol. The summed E-state index contributed by atoms with van der Waals surface area (Å²) >= 11 is 6.20. The smallest absolute Gasteiger partial charge is 0.253 e. The topological polar surface area (TPSA) is 67.2 Å². The lowest BCUT2D eigenvalue weighted by Crippen LogP contribution is -2.40. The highest BCUT2D eigenvalue weighted by molar-refractivity contribution is 6.33. The monoisotopic (exact) mass is 474 g/mol. The van der Waals surface area contributed by atoms with Gasteiger partial charge in [0.2, 0.25) is 5.91 Å². The van der Waals surface area contributed by atoms with Crippen LogP contribution in [0.4, 0.5) is 5.69 Å². The summed E-state index contributed by atoms with van der Waals surface area (Å²) in [6, 6.07) is 23.7. The highest BCUT2D eigenvalue weighted by Gasteiger charge is 2.25. The first-order valence-corrected chi connectivity index (χ1v) is 11.6. The highest BCUT2D eigenvalue weighted by atomic mass is 35.5. The van der Waals surface area contributed by atoms with Gasteiger partial charge >= 0.3 is 0 Å². The van der Waals surface area contributed by atoms with Gasteiger partial charge in [-0.25, -0.2) is 4.98 Å². The first-order valence-electron chi connectivity index (χ1n) is 11.2. The van der Waals surface area contributed by atoms with E-state index >= 15 is 0 Å². The normalized spacial score (nSPS) is 12.0. The van der Waals surface area contributed by atoms with Crippen LogP contribution in [0, 0.1) is 0 Å². The highest BCUT2D eigenvalue weighted by Crippen LogP contribution is 2.24. The van der Waals surface area contributed by atoms with E-state index in [9.17, 15) is 9.59 Å². The maximum absolute atomic E-state index is 13.5. The Morgan fingerprint density at radius 1 is 0.941 bits per heavy atom. The molecule has 1 aromatic heterocycles. The van der Waals surface area contributed by atoms with E-state index in [2.05, 4.69) is 5.32 Å². The second kappa shape index (κ2) is 10.1. The van der Waals surface area contributed by atoms with E-state index in [1.807, 2.05) is 79.9 Å². The number of nitrogens with zero attached hydrogens (tertiary/aromatic N) is 3. The Morgan fingerprint density at radius 2 is 1.59 bits per heavy atom. The van der Waals surface area contributed by atoms with Crippen molar-refractivity contribution in [3.8, 4) is 0 Å². The second-order valence-corrected chi connectivity index (χ2v) is 8.82. The number of hydrogen-bond donors (Lipinski definition) is 1. The fourth-order valence-electron chi connectivity index (χ4n) is 4.11. The number of benzene rings is 3. The maximum Gasteiger partial charge on any atom is 0.253 e. The number of halogens is 1. The first-order chi connectivity index (χ1) is 16.4. The van der Waals surface area contributed by atoms with Gasteiger partial charge in [-0.05, 0) is 57.2 Å². The van der Waals surface area contributed by atoms with Gasteiger partial charge in [-0.15, -0.1) is 0 Å². The van der Waals surface area contributed by atoms with Gasteiger partial charge in [0.15, 0.2) is 0 Å². The van der Waals surface area contributed by atoms with Crippen molar-refractivity contribution in [3.63, 3.8) is 0 Å². The number of amides is 2. The SMILES string of the molecule is CC(NC(=O)c1ccccc1Cl)c1nc2ccccc2n1CC(=O)N(c1ccccc1)C(C)C. The Morgan fingerprint density at radius 3 is 2.29 bits per heavy atom. The third kappa shape index (κ3) is 4.82. The summed E-state index contributed by atoms with van der Waals surface area (Å²) in [5, 5.41) is 3.36. The van der Waals surface area contributed by atoms with Gasteiger partial charge in [-0.2, -0.15) is 0 Å². The lowest BCUT2D eigenvalue weighted by molar-refractivity contribution is -0.119. The van der Waals surface area contributed by atoms with Crippen LogP contribution in [0.5, 0.6) is 0 Å². The first kappa shape index (κ1) is 23.5. The van der Waals surface area contributed by atoms with E-state index in [0.717, 1.165) is 16.7 Å². The average molecular weight is 475 g/mol. The molecule has 0 saturated heterocycles. The van der Waals surface area contributed by atoms with Crippen LogP contribution in [-0.4, -0.2) is 27.4 Å². The molecule has 0 spiro atoms. The molecule has 3 aromatic carbocycles. The summed E-state index contributed by atoms with van der Waals surface area (Å²) in [5.41, 5.74) is 2.83. The molecule has 7 heteroatoms. The number of para-hydroxylation sites is 3. The number of hydrogen-bond acceptors (Lipinski definition) is 3. The molecule has 0 aliphatic carbocycles. The second-order valence-electron chi connectivity index (χ2n) is 8.41. The summed E-state index contributed by atoms with van der Waals surface area (Å²) in [5.74, 6) is 0.248. The zero-order chi connectivity index (χ0) is 24.2. The van der Waals surface area contributed by atoms with E-state index in [4.69, 9.17) is 16.6 Å². The molecule has 174 valence electrons. The molecule has 0 bridgehead atoms. The van der Waals surface area contributed by atoms with Crippen LogP contribution >= 0.6 is 11.6 Å². The molecular weight excluding hydrogens is 448 g/mol. The largest absolute Gasteiger partial charge is 0.342 e. The lowest BCUT2D eigenvalue weighted by atomic mass is 10.2. The Kier molecular flexibility index (Phi) is 6.98. The van der Waals surface area contributed by atoms with Gasteiger partial charge in [-0.1, -0.05) is 54.1 Å². The maximum atomic E-state index is 13.5. The molecule has 4 rings (SSSR count). The van der Waals surface area contributed by atoms with Crippen LogP contribution in [0.15, 0.2) is 78.9 Å². The molecule has 6 nitrogen and oxygen atoms in total. The molecule has 0 aliphatic heterocycles. The van der Waals surface area contributed by atoms with E-state index < -0.39 is 6.04 Å². The van der Waals surface area contributed by atoms with Gasteiger partial charge < -0.3 is 14.8 Å². The van der Waals surface area contributed by atoms with Crippen LogP contribution in [0.3, 0.4) is 0 Å².